The van der Waals surface area contributed by atoms with Crippen molar-refractivity contribution >= 4 is 35.8 Å². The van der Waals surface area contributed by atoms with Gasteiger partial charge in [0.15, 0.2) is 5.96 Å². The highest BCUT2D eigenvalue weighted by atomic mass is 127. The largest absolute Gasteiger partial charge is 0.356 e. The first-order valence-electron chi connectivity index (χ1n) is 10.9. The zero-order chi connectivity index (χ0) is 19.8. The van der Waals surface area contributed by atoms with Crippen LogP contribution in [0.25, 0.3) is 0 Å². The van der Waals surface area contributed by atoms with E-state index in [2.05, 4.69) is 30.1 Å². The lowest BCUT2D eigenvalue weighted by Gasteiger charge is -2.26. The SMILES string of the molecule is CN=C(NCCCCn1ccnc1C)NC1CCN(C(=O)C2CCCCC2)C1.I. The minimum Gasteiger partial charge on any atom is -0.356 e. The van der Waals surface area contributed by atoms with Crippen molar-refractivity contribution in [3.05, 3.63) is 18.2 Å². The first kappa shape index (κ1) is 24.0. The number of carbonyl (C=O) groups excluding carboxylic acids is 1. The monoisotopic (exact) mass is 516 g/mol. The molecule has 3 rings (SSSR count). The van der Waals surface area contributed by atoms with Crippen LogP contribution in [0.15, 0.2) is 17.4 Å². The van der Waals surface area contributed by atoms with Crippen LogP contribution in [0, 0.1) is 12.8 Å². The fourth-order valence-corrected chi connectivity index (χ4v) is 4.33. The quantitative estimate of drug-likeness (QED) is 0.253. The number of aryl methyl sites for hydroxylation is 2. The van der Waals surface area contributed by atoms with Crippen LogP contribution in [0.4, 0.5) is 0 Å². The van der Waals surface area contributed by atoms with Gasteiger partial charge >= 0.3 is 0 Å². The van der Waals surface area contributed by atoms with Gasteiger partial charge in [0.25, 0.3) is 0 Å². The standard InChI is InChI=1S/C21H36N6O.HI/c1-17-23-12-15-26(17)13-7-6-11-24-21(22-2)25-19-10-14-27(16-19)20(28)18-8-4-3-5-9-18;/h12,15,18-19H,3-11,13-14,16H2,1-2H3,(H2,22,24,25);1H. The molecule has 2 N–H and O–H groups in total. The first-order valence-corrected chi connectivity index (χ1v) is 10.9. The molecule has 1 aliphatic carbocycles. The molecule has 1 atom stereocenters. The molecule has 1 unspecified atom stereocenters. The predicted octanol–water partition coefficient (Wildman–Crippen LogP) is 2.94. The van der Waals surface area contributed by atoms with E-state index < -0.39 is 0 Å². The van der Waals surface area contributed by atoms with E-state index in [0.29, 0.717) is 11.9 Å². The Kier molecular flexibility index (Phi) is 10.2. The van der Waals surface area contributed by atoms with Crippen LogP contribution in [0.2, 0.25) is 0 Å². The molecule has 1 aromatic rings. The summed E-state index contributed by atoms with van der Waals surface area (Å²) in [6, 6.07) is 0.298. The van der Waals surface area contributed by atoms with Gasteiger partial charge < -0.3 is 20.1 Å². The van der Waals surface area contributed by atoms with Crippen molar-refractivity contribution in [2.24, 2.45) is 10.9 Å². The Morgan fingerprint density at radius 2 is 2.03 bits per heavy atom. The Labute approximate surface area is 192 Å². The maximum absolute atomic E-state index is 12.7. The zero-order valence-corrected chi connectivity index (χ0v) is 20.2. The third-order valence-electron chi connectivity index (χ3n) is 6.06. The summed E-state index contributed by atoms with van der Waals surface area (Å²) in [5.41, 5.74) is 0. The van der Waals surface area contributed by atoms with Crippen LogP contribution in [0.1, 0.15) is 57.2 Å². The number of unbranched alkanes of at least 4 members (excludes halogenated alkanes) is 1. The van der Waals surface area contributed by atoms with Crippen LogP contribution >= 0.6 is 24.0 Å². The van der Waals surface area contributed by atoms with Gasteiger partial charge in [-0.1, -0.05) is 19.3 Å². The van der Waals surface area contributed by atoms with E-state index >= 15 is 0 Å². The van der Waals surface area contributed by atoms with Gasteiger partial charge in [0.2, 0.25) is 5.91 Å². The summed E-state index contributed by atoms with van der Waals surface area (Å²) < 4.78 is 2.18. The van der Waals surface area contributed by atoms with Crippen LogP contribution in [-0.2, 0) is 11.3 Å². The number of hydrogen-bond donors (Lipinski definition) is 2. The number of carbonyl (C=O) groups is 1. The van der Waals surface area contributed by atoms with Crippen molar-refractivity contribution in [1.29, 1.82) is 0 Å². The third-order valence-corrected chi connectivity index (χ3v) is 6.06. The Morgan fingerprint density at radius 3 is 2.72 bits per heavy atom. The number of aliphatic imine (C=N–C) groups is 1. The number of amides is 1. The van der Waals surface area contributed by atoms with Crippen molar-refractivity contribution in [2.45, 2.75) is 70.9 Å². The van der Waals surface area contributed by atoms with E-state index in [9.17, 15) is 4.79 Å². The fraction of sp³-hybridized carbons (Fsp3) is 0.762. The molecular weight excluding hydrogens is 479 g/mol. The van der Waals surface area contributed by atoms with Crippen molar-refractivity contribution in [3.8, 4) is 0 Å². The van der Waals surface area contributed by atoms with Crippen molar-refractivity contribution in [1.82, 2.24) is 25.1 Å². The predicted molar refractivity (Wildman–Crippen MR) is 128 cm³/mol. The number of rotatable bonds is 7. The lowest BCUT2D eigenvalue weighted by molar-refractivity contribution is -0.135. The van der Waals surface area contributed by atoms with Gasteiger partial charge in [0.1, 0.15) is 5.82 Å². The zero-order valence-electron chi connectivity index (χ0n) is 17.9. The van der Waals surface area contributed by atoms with E-state index in [4.69, 9.17) is 0 Å². The Bertz CT molecular complexity index is 655. The second kappa shape index (κ2) is 12.4. The van der Waals surface area contributed by atoms with Crippen molar-refractivity contribution in [2.75, 3.05) is 26.7 Å². The lowest BCUT2D eigenvalue weighted by Crippen LogP contribution is -2.45. The van der Waals surface area contributed by atoms with E-state index in [-0.39, 0.29) is 29.9 Å². The summed E-state index contributed by atoms with van der Waals surface area (Å²) in [5.74, 6) is 2.56. The molecule has 1 saturated carbocycles. The molecule has 7 nitrogen and oxygen atoms in total. The summed E-state index contributed by atoms with van der Waals surface area (Å²) in [5, 5.41) is 6.91. The topological polar surface area (TPSA) is 74.6 Å². The average molecular weight is 516 g/mol. The molecule has 0 aromatic carbocycles. The van der Waals surface area contributed by atoms with Gasteiger partial charge in [0, 0.05) is 57.6 Å². The molecule has 0 radical (unpaired) electrons. The summed E-state index contributed by atoms with van der Waals surface area (Å²) in [6.45, 7) is 5.60. The molecule has 0 bridgehead atoms. The van der Waals surface area contributed by atoms with Gasteiger partial charge in [-0.3, -0.25) is 9.79 Å². The maximum Gasteiger partial charge on any atom is 0.225 e. The van der Waals surface area contributed by atoms with E-state index in [0.717, 1.165) is 70.1 Å². The number of aromatic nitrogens is 2. The molecule has 164 valence electrons. The number of nitrogens with one attached hydrogen (secondary N) is 2. The van der Waals surface area contributed by atoms with E-state index in [1.165, 1.54) is 19.3 Å². The smallest absolute Gasteiger partial charge is 0.225 e. The molecule has 29 heavy (non-hydrogen) atoms. The molecule has 0 spiro atoms. The molecule has 8 heteroatoms. The number of hydrogen-bond acceptors (Lipinski definition) is 3. The highest BCUT2D eigenvalue weighted by molar-refractivity contribution is 14.0. The van der Waals surface area contributed by atoms with Crippen LogP contribution in [0.5, 0.6) is 0 Å². The van der Waals surface area contributed by atoms with E-state index in [1.807, 2.05) is 26.4 Å². The van der Waals surface area contributed by atoms with Crippen molar-refractivity contribution < 1.29 is 4.79 Å². The van der Waals surface area contributed by atoms with Gasteiger partial charge in [-0.2, -0.15) is 0 Å². The molecule has 2 heterocycles. The number of likely N-dealkylation sites (tertiary alicyclic amines) is 1. The number of halogens is 1. The average Bonchev–Trinajstić information content (AvgIpc) is 3.36. The first-order chi connectivity index (χ1) is 13.7. The van der Waals surface area contributed by atoms with Crippen molar-refractivity contribution in [3.63, 3.8) is 0 Å². The summed E-state index contributed by atoms with van der Waals surface area (Å²) in [4.78, 5) is 23.4. The molecule has 2 fully saturated rings. The van der Waals surface area contributed by atoms with Gasteiger partial charge in [-0.05, 0) is 39.0 Å². The Balaban J connectivity index is 0.00000300. The molecule has 1 aliphatic heterocycles. The normalized spacial score (nSPS) is 20.4. The Hall–Kier alpha value is -1.32. The summed E-state index contributed by atoms with van der Waals surface area (Å²) in [7, 11) is 1.81. The molecule has 2 aliphatic rings. The number of imidazole rings is 1. The number of guanidine groups is 1. The van der Waals surface area contributed by atoms with Crippen LogP contribution in [-0.4, -0.2) is 59.0 Å². The summed E-state index contributed by atoms with van der Waals surface area (Å²) >= 11 is 0. The second-order valence-corrected chi connectivity index (χ2v) is 8.12. The summed E-state index contributed by atoms with van der Waals surface area (Å²) in [6.07, 6.45) is 12.9. The second-order valence-electron chi connectivity index (χ2n) is 8.12. The van der Waals surface area contributed by atoms with Gasteiger partial charge in [-0.25, -0.2) is 4.98 Å². The van der Waals surface area contributed by atoms with E-state index in [1.54, 1.807) is 0 Å². The third kappa shape index (κ3) is 7.15. The lowest BCUT2D eigenvalue weighted by atomic mass is 9.88. The molecule has 1 amide bonds. The minimum atomic E-state index is 0. The minimum absolute atomic E-state index is 0. The number of nitrogens with zero attached hydrogens (tertiary/aromatic N) is 4. The molecular formula is C21H37IN6O. The highest BCUT2D eigenvalue weighted by Gasteiger charge is 2.31. The Morgan fingerprint density at radius 1 is 1.24 bits per heavy atom. The van der Waals surface area contributed by atoms with Gasteiger partial charge in [0.05, 0.1) is 0 Å². The van der Waals surface area contributed by atoms with Crippen LogP contribution in [0.3, 0.4) is 0 Å². The maximum atomic E-state index is 12.7. The molecule has 1 aromatic heterocycles. The highest BCUT2D eigenvalue weighted by Crippen LogP contribution is 2.26. The molecule has 1 saturated heterocycles. The van der Waals surface area contributed by atoms with Crippen LogP contribution < -0.4 is 10.6 Å². The van der Waals surface area contributed by atoms with Gasteiger partial charge in [-0.15, -0.1) is 24.0 Å². The fourth-order valence-electron chi connectivity index (χ4n) is 4.33.